The Bertz CT molecular complexity index is 1210. The maximum Gasteiger partial charge on any atom is 0.573 e. The average molecular weight is 566 g/mol. The van der Waals surface area contributed by atoms with Gasteiger partial charge in [0, 0.05) is 29.7 Å². The molecule has 3 aliphatic rings. The van der Waals surface area contributed by atoms with Crippen molar-refractivity contribution in [2.75, 3.05) is 13.1 Å². The van der Waals surface area contributed by atoms with Crippen LogP contribution in [0.15, 0.2) is 36.4 Å². The Morgan fingerprint density at radius 1 is 1.18 bits per heavy atom. The van der Waals surface area contributed by atoms with Crippen LogP contribution in [0.25, 0.3) is 0 Å². The maximum atomic E-state index is 13.1. The minimum Gasteiger partial charge on any atom is -0.487 e. The summed E-state index contributed by atoms with van der Waals surface area (Å²) in [5.41, 5.74) is 2.28. The third-order valence-electron chi connectivity index (χ3n) is 8.80. The van der Waals surface area contributed by atoms with Gasteiger partial charge in [0.15, 0.2) is 0 Å². The second-order valence-electron chi connectivity index (χ2n) is 11.3. The summed E-state index contributed by atoms with van der Waals surface area (Å²) in [4.78, 5) is 14.0. The Hall–Kier alpha value is -2.45. The van der Waals surface area contributed by atoms with E-state index in [0.717, 1.165) is 55.4 Å². The number of benzene rings is 2. The van der Waals surface area contributed by atoms with E-state index in [9.17, 15) is 23.1 Å². The number of hydrogen-bond acceptors (Lipinski definition) is 4. The summed E-state index contributed by atoms with van der Waals surface area (Å²) in [6, 6.07) is 10.2. The number of rotatable bonds is 8. The normalized spacial score (nSPS) is 21.5. The molecule has 2 aromatic carbocycles. The summed E-state index contributed by atoms with van der Waals surface area (Å²) < 4.78 is 50.3. The van der Waals surface area contributed by atoms with E-state index >= 15 is 0 Å². The summed E-state index contributed by atoms with van der Waals surface area (Å²) in [6.07, 6.45) is 1.20. The second kappa shape index (κ2) is 10.8. The van der Waals surface area contributed by atoms with Crippen molar-refractivity contribution >= 4 is 17.6 Å². The van der Waals surface area contributed by atoms with Gasteiger partial charge in [-0.25, -0.2) is 0 Å². The van der Waals surface area contributed by atoms with Gasteiger partial charge in [-0.1, -0.05) is 37.6 Å². The molecule has 2 fully saturated rings. The van der Waals surface area contributed by atoms with Crippen molar-refractivity contribution in [2.24, 2.45) is 11.8 Å². The van der Waals surface area contributed by atoms with E-state index in [0.29, 0.717) is 36.0 Å². The number of carbonyl (C=O) groups is 1. The van der Waals surface area contributed by atoms with E-state index in [1.807, 2.05) is 6.92 Å². The summed E-state index contributed by atoms with van der Waals surface area (Å²) in [7, 11) is 0. The average Bonchev–Trinajstić information content (AvgIpc) is 3.71. The zero-order valence-corrected chi connectivity index (χ0v) is 23.0. The highest BCUT2D eigenvalue weighted by molar-refractivity contribution is 6.30. The van der Waals surface area contributed by atoms with Gasteiger partial charge in [0.2, 0.25) is 0 Å². The number of hydrogen-bond donors (Lipinski definition) is 1. The number of fused-ring (bicyclic) bond motifs is 1. The van der Waals surface area contributed by atoms with Crippen LogP contribution in [0.3, 0.4) is 0 Å². The van der Waals surface area contributed by atoms with E-state index in [1.165, 1.54) is 12.1 Å². The van der Waals surface area contributed by atoms with E-state index in [2.05, 4.69) is 27.8 Å². The summed E-state index contributed by atoms with van der Waals surface area (Å²) >= 11 is 6.18. The minimum absolute atomic E-state index is 0.0211. The Labute approximate surface area is 232 Å². The molecule has 0 aromatic heterocycles. The predicted octanol–water partition coefficient (Wildman–Crippen LogP) is 7.76. The first-order chi connectivity index (χ1) is 18.5. The van der Waals surface area contributed by atoms with E-state index < -0.39 is 18.2 Å². The molecule has 2 aromatic rings. The number of halogens is 4. The fourth-order valence-corrected chi connectivity index (χ4v) is 6.75. The van der Waals surface area contributed by atoms with Crippen molar-refractivity contribution in [1.29, 1.82) is 0 Å². The number of ether oxygens (including phenoxy) is 2. The zero-order chi connectivity index (χ0) is 27.9. The number of carboxylic acid groups (broad SMARTS) is 1. The van der Waals surface area contributed by atoms with Crippen LogP contribution in [0, 0.1) is 11.8 Å². The number of alkyl halides is 3. The fourth-order valence-electron chi connectivity index (χ4n) is 6.57. The van der Waals surface area contributed by atoms with Gasteiger partial charge in [-0.05, 0) is 92.2 Å². The van der Waals surface area contributed by atoms with E-state index in [4.69, 9.17) is 16.3 Å². The highest BCUT2D eigenvalue weighted by atomic mass is 35.5. The Balaban J connectivity index is 1.32. The Kier molecular flexibility index (Phi) is 7.81. The quantitative estimate of drug-likeness (QED) is 0.354. The molecule has 5 nitrogen and oxygen atoms in total. The van der Waals surface area contributed by atoms with E-state index in [1.54, 1.807) is 13.0 Å². The second-order valence-corrected chi connectivity index (χ2v) is 11.8. The molecule has 0 amide bonds. The van der Waals surface area contributed by atoms with Gasteiger partial charge in [-0.2, -0.15) is 0 Å². The minimum atomic E-state index is -4.78. The first-order valence-electron chi connectivity index (χ1n) is 13.8. The Morgan fingerprint density at radius 2 is 1.90 bits per heavy atom. The SMILES string of the molecule is CCC(c1cc(Cl)ccc1OC(F)(F)F)N1CCC2(CCc3ccc(C(C4CC4)[C@H](C)C(=O)O)cc3O2)CC1. The molecule has 1 spiro atoms. The van der Waals surface area contributed by atoms with Crippen LogP contribution >= 0.6 is 11.6 Å². The van der Waals surface area contributed by atoms with Gasteiger partial charge in [0.1, 0.15) is 17.1 Å². The molecule has 2 aliphatic heterocycles. The molecule has 1 saturated heterocycles. The molecule has 0 radical (unpaired) electrons. The maximum absolute atomic E-state index is 13.1. The molecule has 9 heteroatoms. The molecule has 2 heterocycles. The first kappa shape index (κ1) is 28.1. The lowest BCUT2D eigenvalue weighted by Crippen LogP contribution is -2.50. The number of aliphatic carboxylic acids is 1. The summed E-state index contributed by atoms with van der Waals surface area (Å²) in [5.74, 6) is -0.220. The lowest BCUT2D eigenvalue weighted by molar-refractivity contribution is -0.275. The molecule has 1 aliphatic carbocycles. The van der Waals surface area contributed by atoms with Crippen molar-refractivity contribution in [1.82, 2.24) is 4.90 Å². The third kappa shape index (κ3) is 6.17. The molecular weight excluding hydrogens is 531 g/mol. The zero-order valence-electron chi connectivity index (χ0n) is 22.3. The van der Waals surface area contributed by atoms with Gasteiger partial charge >= 0.3 is 12.3 Å². The van der Waals surface area contributed by atoms with Crippen molar-refractivity contribution in [3.05, 3.63) is 58.1 Å². The summed E-state index contributed by atoms with van der Waals surface area (Å²) in [5, 5.41) is 10.1. The van der Waals surface area contributed by atoms with Gasteiger partial charge in [-0.15, -0.1) is 13.2 Å². The lowest BCUT2D eigenvalue weighted by atomic mass is 9.80. The molecule has 39 heavy (non-hydrogen) atoms. The number of carboxylic acids is 1. The number of piperidine rings is 1. The van der Waals surface area contributed by atoms with Crippen LogP contribution in [-0.2, 0) is 11.2 Å². The monoisotopic (exact) mass is 565 g/mol. The molecular formula is C30H35ClF3NO4. The molecule has 1 saturated carbocycles. The third-order valence-corrected chi connectivity index (χ3v) is 9.04. The van der Waals surface area contributed by atoms with Crippen molar-refractivity contribution < 1.29 is 32.5 Å². The van der Waals surface area contributed by atoms with Crippen LogP contribution in [0.4, 0.5) is 13.2 Å². The van der Waals surface area contributed by atoms with Crippen LogP contribution < -0.4 is 9.47 Å². The Morgan fingerprint density at radius 3 is 2.51 bits per heavy atom. The lowest BCUT2D eigenvalue weighted by Gasteiger charge is -2.46. The standard InChI is InChI=1S/C30H35ClF3NO4/c1-3-24(23-17-22(31)8-9-25(23)39-30(32,33)34)35-14-12-29(13-15-35)11-10-19-4-7-21(16-26(19)38-29)27(20-5-6-20)18(2)28(36)37/h4,7-9,16-18,20,24,27H,3,5-6,10-15H2,1-2H3,(H,36,37)/t18-,24?,27?/m0/s1. The van der Waals surface area contributed by atoms with Crippen molar-refractivity contribution in [3.63, 3.8) is 0 Å². The number of aryl methyl sites for hydroxylation is 1. The molecule has 0 bridgehead atoms. The fraction of sp³-hybridized carbons (Fsp3) is 0.567. The van der Waals surface area contributed by atoms with Crippen LogP contribution in [0.2, 0.25) is 5.02 Å². The van der Waals surface area contributed by atoms with Crippen molar-refractivity contribution in [3.8, 4) is 11.5 Å². The smallest absolute Gasteiger partial charge is 0.487 e. The molecule has 2 unspecified atom stereocenters. The topological polar surface area (TPSA) is 59.0 Å². The predicted molar refractivity (Wildman–Crippen MR) is 142 cm³/mol. The van der Waals surface area contributed by atoms with Crippen LogP contribution in [0.5, 0.6) is 11.5 Å². The molecule has 212 valence electrons. The molecule has 1 N–H and O–H groups in total. The molecule has 3 atom stereocenters. The largest absolute Gasteiger partial charge is 0.573 e. The first-order valence-corrected chi connectivity index (χ1v) is 14.2. The van der Waals surface area contributed by atoms with E-state index in [-0.39, 0.29) is 23.3 Å². The summed E-state index contributed by atoms with van der Waals surface area (Å²) in [6.45, 7) is 5.09. The number of likely N-dealkylation sites (tertiary alicyclic amines) is 1. The van der Waals surface area contributed by atoms with Crippen LogP contribution in [-0.4, -0.2) is 41.0 Å². The highest BCUT2D eigenvalue weighted by Crippen LogP contribution is 2.49. The van der Waals surface area contributed by atoms with Gasteiger partial charge in [-0.3, -0.25) is 9.69 Å². The number of nitrogens with zero attached hydrogens (tertiary/aromatic N) is 1. The van der Waals surface area contributed by atoms with Gasteiger partial charge in [0.25, 0.3) is 0 Å². The molecule has 5 rings (SSSR count). The van der Waals surface area contributed by atoms with Gasteiger partial charge < -0.3 is 14.6 Å². The van der Waals surface area contributed by atoms with Gasteiger partial charge in [0.05, 0.1) is 5.92 Å². The van der Waals surface area contributed by atoms with Crippen molar-refractivity contribution in [2.45, 2.75) is 82.7 Å². The van der Waals surface area contributed by atoms with Crippen LogP contribution in [0.1, 0.15) is 81.0 Å². The highest BCUT2D eigenvalue weighted by Gasteiger charge is 2.43.